The average Bonchev–Trinajstić information content (AvgIpc) is 2.48. The van der Waals surface area contributed by atoms with Crippen LogP contribution in [0.5, 0.6) is 0 Å². The van der Waals surface area contributed by atoms with Crippen LogP contribution in [-0.4, -0.2) is 15.5 Å². The van der Waals surface area contributed by atoms with E-state index in [1.54, 1.807) is 24.3 Å². The van der Waals surface area contributed by atoms with Gasteiger partial charge in [-0.25, -0.2) is 17.5 Å². The summed E-state index contributed by atoms with van der Waals surface area (Å²) in [5.74, 6) is -0.262. The Morgan fingerprint density at radius 3 is 2.38 bits per heavy atom. The molecule has 2 aromatic rings. The molecule has 0 spiro atoms. The van der Waals surface area contributed by atoms with E-state index in [9.17, 15) is 12.8 Å². The first-order valence-corrected chi connectivity index (χ1v) is 7.93. The molecule has 0 aromatic heterocycles. The Balaban J connectivity index is 2.09. The average molecular weight is 308 g/mol. The molecule has 0 aliphatic rings. The minimum Gasteiger partial charge on any atom is -0.381 e. The van der Waals surface area contributed by atoms with E-state index in [1.165, 1.54) is 25.2 Å². The lowest BCUT2D eigenvalue weighted by molar-refractivity contribution is 0.588. The van der Waals surface area contributed by atoms with Gasteiger partial charge >= 0.3 is 0 Å². The van der Waals surface area contributed by atoms with Crippen molar-refractivity contribution in [3.05, 3.63) is 59.4 Å². The molecule has 4 nitrogen and oxygen atoms in total. The monoisotopic (exact) mass is 308 g/mol. The Kier molecular flexibility index (Phi) is 4.59. The maximum absolute atomic E-state index is 13.6. The Labute approximate surface area is 124 Å². The van der Waals surface area contributed by atoms with Crippen molar-refractivity contribution in [2.45, 2.75) is 18.4 Å². The van der Waals surface area contributed by atoms with Gasteiger partial charge in [-0.05, 0) is 44.3 Å². The van der Waals surface area contributed by atoms with Gasteiger partial charge in [0.25, 0.3) is 0 Å². The zero-order chi connectivity index (χ0) is 15.5. The maximum atomic E-state index is 13.6. The second kappa shape index (κ2) is 6.24. The van der Waals surface area contributed by atoms with Gasteiger partial charge in [0, 0.05) is 17.8 Å². The van der Waals surface area contributed by atoms with Crippen molar-refractivity contribution in [3.8, 4) is 0 Å². The van der Waals surface area contributed by atoms with Gasteiger partial charge in [0.15, 0.2) is 0 Å². The van der Waals surface area contributed by atoms with Crippen molar-refractivity contribution >= 4 is 15.7 Å². The Bertz CT molecular complexity index is 728. The highest BCUT2D eigenvalue weighted by atomic mass is 32.2. The SMILES string of the molecule is CNS(=O)(=O)c1ccc(NCc2cc(C)ccc2F)cc1. The van der Waals surface area contributed by atoms with Crippen LogP contribution < -0.4 is 10.0 Å². The molecule has 2 aromatic carbocycles. The van der Waals surface area contributed by atoms with Crippen LogP contribution in [0.4, 0.5) is 10.1 Å². The molecule has 0 unspecified atom stereocenters. The molecule has 0 radical (unpaired) electrons. The third-order valence-corrected chi connectivity index (χ3v) is 4.55. The van der Waals surface area contributed by atoms with Crippen LogP contribution in [0, 0.1) is 12.7 Å². The maximum Gasteiger partial charge on any atom is 0.240 e. The van der Waals surface area contributed by atoms with E-state index in [4.69, 9.17) is 0 Å². The van der Waals surface area contributed by atoms with Gasteiger partial charge in [-0.3, -0.25) is 0 Å². The number of sulfonamides is 1. The summed E-state index contributed by atoms with van der Waals surface area (Å²) in [7, 11) is -2.07. The first-order chi connectivity index (χ1) is 9.92. The van der Waals surface area contributed by atoms with E-state index in [1.807, 2.05) is 6.92 Å². The zero-order valence-corrected chi connectivity index (χ0v) is 12.7. The lowest BCUT2D eigenvalue weighted by Gasteiger charge is -2.09. The number of halogens is 1. The van der Waals surface area contributed by atoms with Crippen LogP contribution in [0.15, 0.2) is 47.4 Å². The van der Waals surface area contributed by atoms with Crippen molar-refractivity contribution in [3.63, 3.8) is 0 Å². The molecule has 0 fully saturated rings. The predicted molar refractivity (Wildman–Crippen MR) is 81.2 cm³/mol. The summed E-state index contributed by atoms with van der Waals surface area (Å²) in [6.07, 6.45) is 0. The van der Waals surface area contributed by atoms with Gasteiger partial charge in [0.1, 0.15) is 5.82 Å². The van der Waals surface area contributed by atoms with Gasteiger partial charge < -0.3 is 5.32 Å². The molecule has 0 atom stereocenters. The number of benzene rings is 2. The van der Waals surface area contributed by atoms with Crippen LogP contribution in [0.3, 0.4) is 0 Å². The lowest BCUT2D eigenvalue weighted by Crippen LogP contribution is -2.18. The van der Waals surface area contributed by atoms with Gasteiger partial charge in [0.05, 0.1) is 4.90 Å². The molecule has 0 saturated heterocycles. The first kappa shape index (κ1) is 15.5. The molecule has 6 heteroatoms. The third-order valence-electron chi connectivity index (χ3n) is 3.12. The smallest absolute Gasteiger partial charge is 0.240 e. The summed E-state index contributed by atoms with van der Waals surface area (Å²) in [6.45, 7) is 2.24. The molecule has 0 aliphatic carbocycles. The van der Waals surface area contributed by atoms with Crippen molar-refractivity contribution in [2.75, 3.05) is 12.4 Å². The van der Waals surface area contributed by atoms with Gasteiger partial charge in [-0.2, -0.15) is 0 Å². The number of nitrogens with one attached hydrogen (secondary N) is 2. The molecule has 0 aliphatic heterocycles. The molecule has 2 rings (SSSR count). The number of hydrogen-bond donors (Lipinski definition) is 2. The summed E-state index contributed by atoms with van der Waals surface area (Å²) in [5.41, 5.74) is 2.29. The fourth-order valence-corrected chi connectivity index (χ4v) is 2.64. The van der Waals surface area contributed by atoms with Crippen LogP contribution in [0.2, 0.25) is 0 Å². The van der Waals surface area contributed by atoms with E-state index >= 15 is 0 Å². The molecule has 0 amide bonds. The molecule has 0 heterocycles. The molecule has 112 valence electrons. The zero-order valence-electron chi connectivity index (χ0n) is 11.9. The number of anilines is 1. The minimum atomic E-state index is -3.43. The van der Waals surface area contributed by atoms with E-state index < -0.39 is 10.0 Å². The molecule has 0 bridgehead atoms. The van der Waals surface area contributed by atoms with E-state index in [-0.39, 0.29) is 10.7 Å². The third kappa shape index (κ3) is 3.80. The van der Waals surface area contributed by atoms with Gasteiger partial charge in [-0.1, -0.05) is 17.7 Å². The van der Waals surface area contributed by atoms with E-state index in [0.29, 0.717) is 12.1 Å². The molecule has 0 saturated carbocycles. The summed E-state index contributed by atoms with van der Waals surface area (Å²) in [4.78, 5) is 0.192. The van der Waals surface area contributed by atoms with Crippen molar-refractivity contribution in [1.29, 1.82) is 0 Å². The lowest BCUT2D eigenvalue weighted by atomic mass is 10.1. The van der Waals surface area contributed by atoms with Crippen LogP contribution >= 0.6 is 0 Å². The fourth-order valence-electron chi connectivity index (χ4n) is 1.91. The highest BCUT2D eigenvalue weighted by Gasteiger charge is 2.10. The Hall–Kier alpha value is -1.92. The standard InChI is InChI=1S/C15H17FN2O2S/c1-11-3-8-15(16)12(9-11)10-18-13-4-6-14(7-5-13)21(19,20)17-2/h3-9,17-18H,10H2,1-2H3. The van der Waals surface area contributed by atoms with Gasteiger partial charge in [0.2, 0.25) is 10.0 Å². The highest BCUT2D eigenvalue weighted by Crippen LogP contribution is 2.16. The van der Waals surface area contributed by atoms with Crippen molar-refractivity contribution < 1.29 is 12.8 Å². The molecule has 2 N–H and O–H groups in total. The highest BCUT2D eigenvalue weighted by molar-refractivity contribution is 7.89. The quantitative estimate of drug-likeness (QED) is 0.893. The largest absolute Gasteiger partial charge is 0.381 e. The normalized spacial score (nSPS) is 11.4. The number of rotatable bonds is 5. The fraction of sp³-hybridized carbons (Fsp3) is 0.200. The van der Waals surface area contributed by atoms with Crippen LogP contribution in [0.25, 0.3) is 0 Å². The van der Waals surface area contributed by atoms with E-state index in [2.05, 4.69) is 10.0 Å². The summed E-state index contributed by atoms with van der Waals surface area (Å²) >= 11 is 0. The van der Waals surface area contributed by atoms with E-state index in [0.717, 1.165) is 11.3 Å². The summed E-state index contributed by atoms with van der Waals surface area (Å²) in [5, 5.41) is 3.07. The first-order valence-electron chi connectivity index (χ1n) is 6.45. The van der Waals surface area contributed by atoms with Gasteiger partial charge in [-0.15, -0.1) is 0 Å². The molecule has 21 heavy (non-hydrogen) atoms. The number of aryl methyl sites for hydroxylation is 1. The minimum absolute atomic E-state index is 0.192. The second-order valence-corrected chi connectivity index (χ2v) is 6.57. The topological polar surface area (TPSA) is 58.2 Å². The number of hydrogen-bond acceptors (Lipinski definition) is 3. The Morgan fingerprint density at radius 1 is 1.10 bits per heavy atom. The van der Waals surface area contributed by atoms with Crippen LogP contribution in [-0.2, 0) is 16.6 Å². The second-order valence-electron chi connectivity index (χ2n) is 4.68. The van der Waals surface area contributed by atoms with Crippen LogP contribution in [0.1, 0.15) is 11.1 Å². The van der Waals surface area contributed by atoms with Crippen molar-refractivity contribution in [2.24, 2.45) is 0 Å². The molecular formula is C15H17FN2O2S. The Morgan fingerprint density at radius 2 is 1.76 bits per heavy atom. The predicted octanol–water partition coefficient (Wildman–Crippen LogP) is 2.65. The molecular weight excluding hydrogens is 291 g/mol. The summed E-state index contributed by atoms with van der Waals surface area (Å²) < 4.78 is 39.0. The van der Waals surface area contributed by atoms with Crippen molar-refractivity contribution in [1.82, 2.24) is 4.72 Å². The summed E-state index contributed by atoms with van der Waals surface area (Å²) in [6, 6.07) is 11.2.